The number of rotatable bonds is 9. The minimum Gasteiger partial charge on any atom is -0.465 e. The average Bonchev–Trinajstić information content (AvgIpc) is 2.97. The molecule has 0 spiro atoms. The van der Waals surface area contributed by atoms with E-state index in [1.54, 1.807) is 66.7 Å². The number of alkyl halides is 3. The zero-order chi connectivity index (χ0) is 28.9. The molecular weight excluding hydrogens is 581 g/mol. The second kappa shape index (κ2) is 12.6. The lowest BCUT2D eigenvalue weighted by Gasteiger charge is -2.39. The van der Waals surface area contributed by atoms with Crippen molar-refractivity contribution in [3.63, 3.8) is 0 Å². The Morgan fingerprint density at radius 1 is 0.659 bits per heavy atom. The first-order chi connectivity index (χ1) is 19.7. The summed E-state index contributed by atoms with van der Waals surface area (Å²) in [5.74, 6) is 0.636. The van der Waals surface area contributed by atoms with E-state index in [-0.39, 0.29) is 14.7 Å². The average molecular weight is 613 g/mol. The summed E-state index contributed by atoms with van der Waals surface area (Å²) in [6.07, 6.45) is 3.91. The molecular formula is C29H31F3O7S2. The number of ether oxygens (including phenoxy) is 4. The molecule has 2 fully saturated rings. The third-order valence-electron chi connectivity index (χ3n) is 6.64. The van der Waals surface area contributed by atoms with Crippen molar-refractivity contribution < 1.29 is 44.2 Å². The number of halogens is 3. The van der Waals surface area contributed by atoms with Gasteiger partial charge in [-0.1, -0.05) is 30.3 Å². The summed E-state index contributed by atoms with van der Waals surface area (Å²) in [6.45, 7) is 1.07. The lowest BCUT2D eigenvalue weighted by Crippen LogP contribution is -2.28. The van der Waals surface area contributed by atoms with Crippen molar-refractivity contribution in [2.75, 3.05) is 13.2 Å². The van der Waals surface area contributed by atoms with Gasteiger partial charge in [0.05, 0.1) is 13.2 Å². The van der Waals surface area contributed by atoms with E-state index in [4.69, 9.17) is 22.6 Å². The summed E-state index contributed by atoms with van der Waals surface area (Å²) < 4.78 is 96.0. The van der Waals surface area contributed by atoms with Crippen molar-refractivity contribution >= 4 is 20.4 Å². The van der Waals surface area contributed by atoms with Gasteiger partial charge in [0, 0.05) is 27.5 Å². The molecule has 0 saturated carbocycles. The molecule has 0 amide bonds. The molecule has 2 aliphatic heterocycles. The Morgan fingerprint density at radius 3 is 1.59 bits per heavy atom. The Morgan fingerprint density at radius 2 is 1.15 bits per heavy atom. The first-order valence-corrected chi connectivity index (χ1v) is 16.3. The van der Waals surface area contributed by atoms with Gasteiger partial charge in [-0.15, -0.1) is 0 Å². The number of hydrogen-bond acceptors (Lipinski definition) is 7. The summed E-state index contributed by atoms with van der Waals surface area (Å²) >= 11 is 0. The van der Waals surface area contributed by atoms with Crippen LogP contribution in [0.3, 0.4) is 0 Å². The molecule has 0 bridgehead atoms. The second-order valence-corrected chi connectivity index (χ2v) is 14.1. The summed E-state index contributed by atoms with van der Waals surface area (Å²) in [5, 5.41) is 0. The minimum atomic E-state index is -6.07. The zero-order valence-corrected chi connectivity index (χ0v) is 23.8. The number of hydrogen-bond donors (Lipinski definition) is 0. The molecule has 0 radical (unpaired) electrons. The highest BCUT2D eigenvalue weighted by Crippen LogP contribution is 2.71. The Labute approximate surface area is 239 Å². The van der Waals surface area contributed by atoms with E-state index >= 15 is 0 Å². The molecule has 5 rings (SSSR count). The van der Waals surface area contributed by atoms with Gasteiger partial charge < -0.3 is 18.9 Å². The largest absolute Gasteiger partial charge is 0.524 e. The van der Waals surface area contributed by atoms with Crippen LogP contribution in [0.2, 0.25) is 0 Å². The van der Waals surface area contributed by atoms with E-state index < -0.39 is 38.5 Å². The van der Waals surface area contributed by atoms with E-state index in [0.717, 1.165) is 25.7 Å². The first-order valence-electron chi connectivity index (χ1n) is 13.3. The molecule has 0 aliphatic carbocycles. The Balaban J connectivity index is 1.66. The number of benzene rings is 3. The molecule has 2 unspecified atom stereocenters. The maximum atomic E-state index is 13.9. The first kappa shape index (κ1) is 29.7. The molecule has 7 nitrogen and oxygen atoms in total. The molecule has 0 N–H and O–H groups in total. The van der Waals surface area contributed by atoms with Crippen LogP contribution in [-0.4, -0.2) is 39.7 Å². The van der Waals surface area contributed by atoms with Gasteiger partial charge in [0.25, 0.3) is 0 Å². The monoisotopic (exact) mass is 612 g/mol. The van der Waals surface area contributed by atoms with Gasteiger partial charge in [-0.2, -0.15) is 25.2 Å². The van der Waals surface area contributed by atoms with Crippen molar-refractivity contribution in [2.24, 2.45) is 0 Å². The molecule has 3 aromatic carbocycles. The quantitative estimate of drug-likeness (QED) is 0.231. The fourth-order valence-electron chi connectivity index (χ4n) is 4.68. The molecule has 2 atom stereocenters. The Bertz CT molecular complexity index is 1340. The molecule has 0 aromatic heterocycles. The normalized spacial score (nSPS) is 22.3. The van der Waals surface area contributed by atoms with Gasteiger partial charge in [-0.3, -0.25) is 0 Å². The van der Waals surface area contributed by atoms with E-state index in [1.807, 2.05) is 0 Å². The molecule has 41 heavy (non-hydrogen) atoms. The smallest absolute Gasteiger partial charge is 0.465 e. The Kier molecular flexibility index (Phi) is 9.15. The fraction of sp³-hybridized carbons (Fsp3) is 0.379. The predicted octanol–water partition coefficient (Wildman–Crippen LogP) is 7.56. The molecule has 12 heteroatoms. The standard InChI is InChI=1S/C29H31F3O7S2/c30-29(31,32)41(33,34)39-40(24-12-2-1-3-13-24,25-14-8-10-22(20-25)37-27-16-4-6-18-35-27)26-15-9-11-23(21-26)38-28-17-5-7-19-36-28/h1-3,8-15,20-21,27-28H,4-7,16-19H2. The highest BCUT2D eigenvalue weighted by Gasteiger charge is 2.52. The van der Waals surface area contributed by atoms with Crippen molar-refractivity contribution in [3.8, 4) is 11.5 Å². The van der Waals surface area contributed by atoms with Crippen LogP contribution in [0.1, 0.15) is 38.5 Å². The highest BCUT2D eigenvalue weighted by molar-refractivity contribution is 8.33. The van der Waals surface area contributed by atoms with Gasteiger partial charge in [-0.05, 0) is 84.5 Å². The maximum Gasteiger partial charge on any atom is 0.524 e. The second-order valence-electron chi connectivity index (χ2n) is 9.61. The van der Waals surface area contributed by atoms with Crippen molar-refractivity contribution in [1.29, 1.82) is 0 Å². The van der Waals surface area contributed by atoms with Crippen molar-refractivity contribution in [2.45, 2.75) is 71.3 Å². The van der Waals surface area contributed by atoms with Gasteiger partial charge in [0.1, 0.15) is 11.5 Å². The summed E-state index contributed by atoms with van der Waals surface area (Å²) in [4.78, 5) is 0.622. The van der Waals surface area contributed by atoms with E-state index in [2.05, 4.69) is 0 Å². The summed E-state index contributed by atoms with van der Waals surface area (Å²) in [7, 11) is -9.62. The van der Waals surface area contributed by atoms with E-state index in [1.165, 1.54) is 12.1 Å². The van der Waals surface area contributed by atoms with Gasteiger partial charge >= 0.3 is 15.6 Å². The van der Waals surface area contributed by atoms with Crippen LogP contribution in [0.25, 0.3) is 0 Å². The van der Waals surface area contributed by atoms with Crippen molar-refractivity contribution in [3.05, 3.63) is 78.9 Å². The van der Waals surface area contributed by atoms with Crippen LogP contribution >= 0.6 is 10.3 Å². The molecule has 2 aliphatic rings. The van der Waals surface area contributed by atoms with E-state index in [0.29, 0.717) is 37.6 Å². The van der Waals surface area contributed by atoms with Crippen LogP contribution in [0, 0.1) is 0 Å². The zero-order valence-electron chi connectivity index (χ0n) is 22.1. The topological polar surface area (TPSA) is 80.3 Å². The minimum absolute atomic E-state index is 0.191. The van der Waals surface area contributed by atoms with Gasteiger partial charge in [-0.25, -0.2) is 0 Å². The summed E-state index contributed by atoms with van der Waals surface area (Å²) in [5.41, 5.74) is -5.66. The predicted molar refractivity (Wildman–Crippen MR) is 146 cm³/mol. The van der Waals surface area contributed by atoms with Crippen LogP contribution in [0.4, 0.5) is 13.2 Å². The maximum absolute atomic E-state index is 13.9. The van der Waals surface area contributed by atoms with Gasteiger partial charge in [0.2, 0.25) is 0 Å². The Hall–Kier alpha value is -2.77. The third kappa shape index (κ3) is 6.83. The van der Waals surface area contributed by atoms with Crippen LogP contribution < -0.4 is 9.47 Å². The van der Waals surface area contributed by atoms with Gasteiger partial charge in [0.15, 0.2) is 12.6 Å². The molecule has 2 saturated heterocycles. The highest BCUT2D eigenvalue weighted by atomic mass is 32.3. The van der Waals surface area contributed by atoms with Crippen LogP contribution in [0.15, 0.2) is 93.5 Å². The van der Waals surface area contributed by atoms with Crippen molar-refractivity contribution in [1.82, 2.24) is 0 Å². The lowest BCUT2D eigenvalue weighted by molar-refractivity contribution is -0.106. The fourth-order valence-corrected chi connectivity index (χ4v) is 9.46. The van der Waals surface area contributed by atoms with E-state index in [9.17, 15) is 21.6 Å². The molecule has 2 heterocycles. The molecule has 3 aromatic rings. The SMILES string of the molecule is O=S(=O)(OS(c1ccccc1)(c1cccc(OC2CCCCO2)c1)c1cccc(OC2CCCCO2)c1)C(F)(F)F. The lowest BCUT2D eigenvalue weighted by atomic mass is 10.2. The summed E-state index contributed by atoms with van der Waals surface area (Å²) in [6, 6.07) is 20.6. The third-order valence-corrected chi connectivity index (χ3v) is 11.5. The van der Waals surface area contributed by atoms with Crippen LogP contribution in [-0.2, 0) is 23.2 Å². The molecule has 222 valence electrons. The van der Waals surface area contributed by atoms with Crippen LogP contribution in [0.5, 0.6) is 11.5 Å².